The minimum atomic E-state index is -0.211. The number of hydrogen-bond donors (Lipinski definition) is 0. The van der Waals surface area contributed by atoms with Crippen LogP contribution in [0, 0.1) is 0 Å². The van der Waals surface area contributed by atoms with Crippen LogP contribution in [0.15, 0.2) is 53.3 Å². The van der Waals surface area contributed by atoms with E-state index in [2.05, 4.69) is 10.1 Å². The second-order valence-corrected chi connectivity index (χ2v) is 6.94. The molecule has 6 nitrogen and oxygen atoms in total. The van der Waals surface area contributed by atoms with Gasteiger partial charge in [-0.2, -0.15) is 9.50 Å². The average Bonchev–Trinajstić information content (AvgIpc) is 3.26. The maximum Gasteiger partial charge on any atom is 0.291 e. The number of methoxy groups -OCH3 is 2. The zero-order valence-corrected chi connectivity index (χ0v) is 16.1. The first-order valence-electron chi connectivity index (χ1n) is 8.54. The molecule has 0 bridgehead atoms. The second kappa shape index (κ2) is 7.66. The Bertz CT molecular complexity index is 1260. The maximum absolute atomic E-state index is 12.7. The number of thiazole rings is 1. The summed E-state index contributed by atoms with van der Waals surface area (Å²) in [5.74, 6) is 1.84. The number of rotatable bonds is 5. The topological polar surface area (TPSA) is 65.7 Å². The molecule has 0 saturated heterocycles. The third kappa shape index (κ3) is 3.52. The van der Waals surface area contributed by atoms with Gasteiger partial charge < -0.3 is 9.47 Å². The molecule has 0 aliphatic carbocycles. The summed E-state index contributed by atoms with van der Waals surface area (Å²) in [5.41, 5.74) is 1.59. The number of benzene rings is 2. The molecule has 0 aliphatic rings. The highest BCUT2D eigenvalue weighted by molar-refractivity contribution is 7.15. The van der Waals surface area contributed by atoms with E-state index in [1.807, 2.05) is 48.5 Å². The van der Waals surface area contributed by atoms with Gasteiger partial charge in [0, 0.05) is 5.56 Å². The van der Waals surface area contributed by atoms with E-state index >= 15 is 0 Å². The summed E-state index contributed by atoms with van der Waals surface area (Å²) in [4.78, 5) is 17.7. The molecule has 7 heteroatoms. The summed E-state index contributed by atoms with van der Waals surface area (Å²) in [5, 5.41) is 4.31. The fourth-order valence-electron chi connectivity index (χ4n) is 2.75. The fourth-order valence-corrected chi connectivity index (χ4v) is 3.65. The smallest absolute Gasteiger partial charge is 0.291 e. The van der Waals surface area contributed by atoms with Gasteiger partial charge in [0.15, 0.2) is 5.82 Å². The Morgan fingerprint density at radius 1 is 1.04 bits per heavy atom. The fraction of sp³-hybridized carbons (Fsp3) is 0.0952. The van der Waals surface area contributed by atoms with Gasteiger partial charge in [0.2, 0.25) is 4.96 Å². The Labute approximate surface area is 165 Å². The van der Waals surface area contributed by atoms with Gasteiger partial charge in [-0.15, -0.1) is 5.10 Å². The van der Waals surface area contributed by atoms with Gasteiger partial charge in [0.1, 0.15) is 11.5 Å². The van der Waals surface area contributed by atoms with Crippen molar-refractivity contribution in [1.82, 2.24) is 14.6 Å². The van der Waals surface area contributed by atoms with Gasteiger partial charge >= 0.3 is 0 Å². The molecular formula is C21H17N3O3S. The van der Waals surface area contributed by atoms with Gasteiger partial charge in [0.25, 0.3) is 5.56 Å². The lowest BCUT2D eigenvalue weighted by atomic mass is 10.2. The van der Waals surface area contributed by atoms with Crippen LogP contribution in [0.2, 0.25) is 0 Å². The van der Waals surface area contributed by atoms with Crippen molar-refractivity contribution in [3.8, 4) is 11.5 Å². The molecule has 0 atom stereocenters. The lowest BCUT2D eigenvalue weighted by Crippen LogP contribution is -2.23. The van der Waals surface area contributed by atoms with Gasteiger partial charge in [0.05, 0.1) is 18.8 Å². The van der Waals surface area contributed by atoms with Crippen LogP contribution in [0.1, 0.15) is 17.0 Å². The van der Waals surface area contributed by atoms with E-state index in [9.17, 15) is 4.79 Å². The first-order valence-corrected chi connectivity index (χ1v) is 9.36. The van der Waals surface area contributed by atoms with Crippen LogP contribution in [0.25, 0.3) is 23.2 Å². The quantitative estimate of drug-likeness (QED) is 0.523. The minimum absolute atomic E-state index is 0.211. The Balaban J connectivity index is 1.72. The first kappa shape index (κ1) is 17.9. The minimum Gasteiger partial charge on any atom is -0.497 e. The molecule has 140 valence electrons. The maximum atomic E-state index is 12.7. The number of ether oxygens (including phenoxy) is 2. The standard InChI is InChI=1S/C21H17N3O3S/c1-26-16-9-10-17(27-2)15(12-16)13-18-20(25)24-21(28-18)22-19(23-24)11-8-14-6-4-3-5-7-14/h3-13H,1-2H3/b11-8+,18-13-. The summed E-state index contributed by atoms with van der Waals surface area (Å²) in [6.07, 6.45) is 5.48. The van der Waals surface area contributed by atoms with E-state index in [-0.39, 0.29) is 5.56 Å². The Morgan fingerprint density at radius 2 is 1.86 bits per heavy atom. The Morgan fingerprint density at radius 3 is 2.57 bits per heavy atom. The molecule has 4 rings (SSSR count). The lowest BCUT2D eigenvalue weighted by molar-refractivity contribution is 0.402. The third-order valence-corrected chi connectivity index (χ3v) is 5.11. The second-order valence-electron chi connectivity index (χ2n) is 5.93. The first-order chi connectivity index (χ1) is 13.7. The van der Waals surface area contributed by atoms with Crippen molar-refractivity contribution in [2.45, 2.75) is 0 Å². The molecule has 2 aromatic heterocycles. The Kier molecular flexibility index (Phi) is 4.90. The van der Waals surface area contributed by atoms with E-state index < -0.39 is 0 Å². The highest BCUT2D eigenvalue weighted by Gasteiger charge is 2.10. The highest BCUT2D eigenvalue weighted by Crippen LogP contribution is 2.24. The van der Waals surface area contributed by atoms with Gasteiger partial charge in [-0.1, -0.05) is 47.7 Å². The molecule has 0 N–H and O–H groups in total. The van der Waals surface area contributed by atoms with E-state index in [0.717, 1.165) is 11.1 Å². The van der Waals surface area contributed by atoms with E-state index in [4.69, 9.17) is 9.47 Å². The van der Waals surface area contributed by atoms with Crippen LogP contribution in [0.5, 0.6) is 11.5 Å². The van der Waals surface area contributed by atoms with Crippen molar-refractivity contribution in [1.29, 1.82) is 0 Å². The molecule has 2 heterocycles. The molecule has 0 unspecified atom stereocenters. The number of hydrogen-bond acceptors (Lipinski definition) is 6. The van der Waals surface area contributed by atoms with Crippen LogP contribution in [0.4, 0.5) is 0 Å². The summed E-state index contributed by atoms with van der Waals surface area (Å²) < 4.78 is 12.5. The molecule has 0 aliphatic heterocycles. The molecule has 0 spiro atoms. The van der Waals surface area contributed by atoms with E-state index in [1.165, 1.54) is 15.9 Å². The average molecular weight is 391 g/mol. The molecular weight excluding hydrogens is 374 g/mol. The predicted octanol–water partition coefficient (Wildman–Crippen LogP) is 2.89. The summed E-state index contributed by atoms with van der Waals surface area (Å²) in [6, 6.07) is 15.3. The van der Waals surface area contributed by atoms with Crippen LogP contribution in [-0.4, -0.2) is 28.8 Å². The van der Waals surface area contributed by atoms with E-state index in [0.29, 0.717) is 26.8 Å². The molecule has 2 aromatic carbocycles. The lowest BCUT2D eigenvalue weighted by Gasteiger charge is -2.06. The van der Waals surface area contributed by atoms with Gasteiger partial charge in [-0.25, -0.2) is 0 Å². The van der Waals surface area contributed by atoms with Crippen molar-refractivity contribution in [3.05, 3.63) is 80.4 Å². The van der Waals surface area contributed by atoms with Crippen LogP contribution in [0.3, 0.4) is 0 Å². The van der Waals surface area contributed by atoms with Crippen molar-refractivity contribution >= 4 is 34.5 Å². The molecule has 4 aromatic rings. The molecule has 28 heavy (non-hydrogen) atoms. The summed E-state index contributed by atoms with van der Waals surface area (Å²) in [6.45, 7) is 0. The predicted molar refractivity (Wildman–Crippen MR) is 111 cm³/mol. The van der Waals surface area contributed by atoms with Crippen molar-refractivity contribution in [2.24, 2.45) is 0 Å². The largest absolute Gasteiger partial charge is 0.497 e. The molecule has 0 radical (unpaired) electrons. The monoisotopic (exact) mass is 391 g/mol. The summed E-state index contributed by atoms with van der Waals surface area (Å²) in [7, 11) is 3.18. The third-order valence-electron chi connectivity index (χ3n) is 4.15. The normalized spacial score (nSPS) is 12.1. The van der Waals surface area contributed by atoms with Crippen molar-refractivity contribution in [3.63, 3.8) is 0 Å². The Hall–Kier alpha value is -3.45. The zero-order valence-electron chi connectivity index (χ0n) is 15.3. The van der Waals surface area contributed by atoms with Crippen LogP contribution in [-0.2, 0) is 0 Å². The molecule has 0 amide bonds. The van der Waals surface area contributed by atoms with Gasteiger partial charge in [-0.05, 0) is 35.9 Å². The highest BCUT2D eigenvalue weighted by atomic mass is 32.1. The molecule has 0 fully saturated rings. The number of aromatic nitrogens is 3. The number of nitrogens with zero attached hydrogens (tertiary/aromatic N) is 3. The SMILES string of the molecule is COc1ccc(OC)c(/C=c2\sc3nc(/C=C/c4ccccc4)nn3c2=O)c1. The van der Waals surface area contributed by atoms with Crippen LogP contribution >= 0.6 is 11.3 Å². The number of fused-ring (bicyclic) bond motifs is 1. The van der Waals surface area contributed by atoms with Gasteiger partial charge in [-0.3, -0.25) is 4.79 Å². The summed E-state index contributed by atoms with van der Waals surface area (Å²) >= 11 is 1.28. The van der Waals surface area contributed by atoms with Crippen molar-refractivity contribution < 1.29 is 9.47 Å². The van der Waals surface area contributed by atoms with Crippen molar-refractivity contribution in [2.75, 3.05) is 14.2 Å². The molecule has 0 saturated carbocycles. The van der Waals surface area contributed by atoms with E-state index in [1.54, 1.807) is 32.4 Å². The zero-order chi connectivity index (χ0) is 19.5. The van der Waals surface area contributed by atoms with Crippen LogP contribution < -0.4 is 19.6 Å².